The van der Waals surface area contributed by atoms with E-state index in [-0.39, 0.29) is 10.6 Å². The molecule has 1 aromatic heterocycles. The molecular formula is C12H15N3O2S. The predicted molar refractivity (Wildman–Crippen MR) is 66.1 cm³/mol. The molecule has 6 heteroatoms. The molecule has 1 aromatic rings. The first-order chi connectivity index (χ1) is 8.55. The quantitative estimate of drug-likeness (QED) is 0.809. The number of nitriles is 1. The maximum atomic E-state index is 12.4. The Labute approximate surface area is 107 Å². The van der Waals surface area contributed by atoms with Crippen molar-refractivity contribution in [2.24, 2.45) is 5.92 Å². The number of piperidine rings is 1. The van der Waals surface area contributed by atoms with Gasteiger partial charge in [-0.25, -0.2) is 13.4 Å². The monoisotopic (exact) mass is 265 g/mol. The van der Waals surface area contributed by atoms with Gasteiger partial charge in [0.2, 0.25) is 10.0 Å². The molecule has 0 amide bonds. The van der Waals surface area contributed by atoms with Gasteiger partial charge in [0.25, 0.3) is 0 Å². The normalized spacial score (nSPS) is 21.4. The zero-order chi connectivity index (χ0) is 13.2. The van der Waals surface area contributed by atoms with Crippen LogP contribution < -0.4 is 0 Å². The van der Waals surface area contributed by atoms with Crippen molar-refractivity contribution < 1.29 is 8.42 Å². The Bertz CT molecular complexity index is 577. The Kier molecular flexibility index (Phi) is 3.64. The number of hydrogen-bond acceptors (Lipinski definition) is 4. The van der Waals surface area contributed by atoms with Crippen molar-refractivity contribution in [1.82, 2.24) is 9.29 Å². The Morgan fingerprint density at radius 3 is 3.00 bits per heavy atom. The van der Waals surface area contributed by atoms with Crippen molar-refractivity contribution in [2.45, 2.75) is 24.7 Å². The van der Waals surface area contributed by atoms with Crippen molar-refractivity contribution in [3.05, 3.63) is 24.0 Å². The first-order valence-corrected chi connectivity index (χ1v) is 7.35. The average molecular weight is 265 g/mol. The highest BCUT2D eigenvalue weighted by Gasteiger charge is 2.30. The second kappa shape index (κ2) is 5.04. The molecule has 0 aliphatic carbocycles. The van der Waals surface area contributed by atoms with E-state index >= 15 is 0 Å². The highest BCUT2D eigenvalue weighted by molar-refractivity contribution is 7.89. The van der Waals surface area contributed by atoms with E-state index in [4.69, 9.17) is 5.26 Å². The predicted octanol–water partition coefficient (Wildman–Crippen LogP) is 1.37. The van der Waals surface area contributed by atoms with Crippen LogP contribution in [0.15, 0.2) is 23.2 Å². The van der Waals surface area contributed by atoms with Crippen molar-refractivity contribution in [3.8, 4) is 6.07 Å². The second-order valence-corrected chi connectivity index (χ2v) is 6.48. The van der Waals surface area contributed by atoms with Crippen LogP contribution in [0, 0.1) is 17.2 Å². The highest BCUT2D eigenvalue weighted by Crippen LogP contribution is 2.24. The molecule has 0 bridgehead atoms. The molecule has 1 unspecified atom stereocenters. The molecule has 18 heavy (non-hydrogen) atoms. The summed E-state index contributed by atoms with van der Waals surface area (Å²) in [6.45, 7) is 3.07. The zero-order valence-corrected chi connectivity index (χ0v) is 11.0. The Morgan fingerprint density at radius 1 is 1.56 bits per heavy atom. The van der Waals surface area contributed by atoms with Gasteiger partial charge in [0.05, 0.1) is 0 Å². The topological polar surface area (TPSA) is 74.1 Å². The van der Waals surface area contributed by atoms with Crippen LogP contribution in [-0.4, -0.2) is 30.8 Å². The summed E-state index contributed by atoms with van der Waals surface area (Å²) in [4.78, 5) is 3.83. The van der Waals surface area contributed by atoms with Gasteiger partial charge >= 0.3 is 0 Å². The van der Waals surface area contributed by atoms with Gasteiger partial charge in [-0.3, -0.25) is 0 Å². The third-order valence-electron chi connectivity index (χ3n) is 3.11. The molecule has 1 saturated heterocycles. The lowest BCUT2D eigenvalue weighted by atomic mass is 10.0. The van der Waals surface area contributed by atoms with Crippen LogP contribution in [-0.2, 0) is 10.0 Å². The fraction of sp³-hybridized carbons (Fsp3) is 0.500. The number of aromatic nitrogens is 1. The molecule has 2 heterocycles. The van der Waals surface area contributed by atoms with Gasteiger partial charge in [0, 0.05) is 19.3 Å². The molecule has 0 aromatic carbocycles. The van der Waals surface area contributed by atoms with Crippen LogP contribution in [0.1, 0.15) is 25.5 Å². The summed E-state index contributed by atoms with van der Waals surface area (Å²) in [7, 11) is -3.59. The highest BCUT2D eigenvalue weighted by atomic mass is 32.2. The lowest BCUT2D eigenvalue weighted by molar-refractivity contribution is 0.281. The molecule has 1 aliphatic rings. The van der Waals surface area contributed by atoms with Crippen LogP contribution in [0.2, 0.25) is 0 Å². The van der Waals surface area contributed by atoms with Crippen molar-refractivity contribution in [1.29, 1.82) is 5.26 Å². The Morgan fingerprint density at radius 2 is 2.33 bits per heavy atom. The van der Waals surface area contributed by atoms with Gasteiger partial charge in [0.1, 0.15) is 11.0 Å². The third-order valence-corrected chi connectivity index (χ3v) is 5.01. The van der Waals surface area contributed by atoms with Gasteiger partial charge in [-0.15, -0.1) is 0 Å². The number of hydrogen-bond donors (Lipinski definition) is 0. The second-order valence-electron chi connectivity index (χ2n) is 4.57. The maximum Gasteiger partial charge on any atom is 0.245 e. The molecule has 2 rings (SSSR count). The Hall–Kier alpha value is -1.45. The minimum absolute atomic E-state index is 0.0154. The number of nitrogens with zero attached hydrogens (tertiary/aromatic N) is 3. The van der Waals surface area contributed by atoms with Crippen LogP contribution in [0.25, 0.3) is 0 Å². The van der Waals surface area contributed by atoms with Crippen LogP contribution in [0.3, 0.4) is 0 Å². The third kappa shape index (κ3) is 2.37. The van der Waals surface area contributed by atoms with Crippen LogP contribution in [0.4, 0.5) is 0 Å². The summed E-state index contributed by atoms with van der Waals surface area (Å²) in [5.74, 6) is 0.357. The summed E-state index contributed by atoms with van der Waals surface area (Å²) in [5, 5.41) is 8.94. The molecule has 0 spiro atoms. The van der Waals surface area contributed by atoms with Crippen molar-refractivity contribution in [2.75, 3.05) is 13.1 Å². The summed E-state index contributed by atoms with van der Waals surface area (Å²) < 4.78 is 26.4. The van der Waals surface area contributed by atoms with E-state index in [2.05, 4.69) is 4.98 Å². The average Bonchev–Trinajstić information content (AvgIpc) is 2.38. The SMILES string of the molecule is CC1CCCN(S(=O)(=O)c2cccnc2C#N)C1. The van der Waals surface area contributed by atoms with Crippen LogP contribution >= 0.6 is 0 Å². The number of rotatable bonds is 2. The smallest absolute Gasteiger partial charge is 0.244 e. The van der Waals surface area contributed by atoms with E-state index in [9.17, 15) is 8.42 Å². The van der Waals surface area contributed by atoms with E-state index in [0.29, 0.717) is 19.0 Å². The molecule has 1 atom stereocenters. The maximum absolute atomic E-state index is 12.4. The zero-order valence-electron chi connectivity index (χ0n) is 10.2. The molecule has 5 nitrogen and oxygen atoms in total. The van der Waals surface area contributed by atoms with Crippen molar-refractivity contribution in [3.63, 3.8) is 0 Å². The summed E-state index contributed by atoms with van der Waals surface area (Å²) >= 11 is 0. The van der Waals surface area contributed by atoms with Gasteiger partial charge in [0.15, 0.2) is 5.69 Å². The van der Waals surface area contributed by atoms with Crippen molar-refractivity contribution >= 4 is 10.0 Å². The number of sulfonamides is 1. The fourth-order valence-electron chi connectivity index (χ4n) is 2.19. The molecule has 96 valence electrons. The molecule has 1 fully saturated rings. The van der Waals surface area contributed by atoms with E-state index in [1.165, 1.54) is 16.6 Å². The molecule has 1 aliphatic heterocycles. The Balaban J connectivity index is 2.39. The van der Waals surface area contributed by atoms with Crippen LogP contribution in [0.5, 0.6) is 0 Å². The van der Waals surface area contributed by atoms with E-state index in [0.717, 1.165) is 12.8 Å². The summed E-state index contributed by atoms with van der Waals surface area (Å²) in [5.41, 5.74) is -0.0317. The van der Waals surface area contributed by atoms with Gasteiger partial charge in [-0.1, -0.05) is 6.92 Å². The van der Waals surface area contributed by atoms with E-state index < -0.39 is 10.0 Å². The molecule has 0 saturated carbocycles. The minimum atomic E-state index is -3.59. The summed E-state index contributed by atoms with van der Waals surface area (Å²) in [6.07, 6.45) is 3.34. The first-order valence-electron chi connectivity index (χ1n) is 5.91. The lowest BCUT2D eigenvalue weighted by Crippen LogP contribution is -2.39. The standard InChI is InChI=1S/C12H15N3O2S/c1-10-4-3-7-15(9-10)18(16,17)12-5-2-6-14-11(12)8-13/h2,5-6,10H,3-4,7,9H2,1H3. The van der Waals surface area contributed by atoms with Gasteiger partial charge in [-0.05, 0) is 30.9 Å². The molecule has 0 radical (unpaired) electrons. The van der Waals surface area contributed by atoms with E-state index in [1.807, 2.05) is 13.0 Å². The molecule has 0 N–H and O–H groups in total. The number of pyridine rings is 1. The van der Waals surface area contributed by atoms with Gasteiger partial charge in [-0.2, -0.15) is 9.57 Å². The summed E-state index contributed by atoms with van der Waals surface area (Å²) in [6, 6.07) is 4.82. The largest absolute Gasteiger partial charge is 0.245 e. The fourth-order valence-corrected chi connectivity index (χ4v) is 3.88. The molecular weight excluding hydrogens is 250 g/mol. The van der Waals surface area contributed by atoms with Gasteiger partial charge < -0.3 is 0 Å². The first kappa shape index (κ1) is 13.0. The minimum Gasteiger partial charge on any atom is -0.244 e. The van der Waals surface area contributed by atoms with E-state index in [1.54, 1.807) is 6.07 Å². The lowest BCUT2D eigenvalue weighted by Gasteiger charge is -2.30.